The van der Waals surface area contributed by atoms with Gasteiger partial charge >= 0.3 is 0 Å². The Balaban J connectivity index is 0.000000181. The molecule has 0 saturated heterocycles. The molecule has 0 radical (unpaired) electrons. The number of benzene rings is 4. The molecule has 0 spiro atoms. The van der Waals surface area contributed by atoms with Gasteiger partial charge in [-0.2, -0.15) is 0 Å². The molecule has 1 amide bonds. The highest BCUT2D eigenvalue weighted by Crippen LogP contribution is 2.51. The van der Waals surface area contributed by atoms with Gasteiger partial charge in [0.2, 0.25) is 19.5 Å². The smallest absolute Gasteiger partial charge is 0.231 e. The molecular formula is C42H50N2O9. The van der Waals surface area contributed by atoms with Crippen LogP contribution in [0.5, 0.6) is 34.5 Å². The molecule has 0 saturated carbocycles. The molecule has 0 fully saturated rings. The fourth-order valence-electron chi connectivity index (χ4n) is 7.05. The fourth-order valence-corrected chi connectivity index (χ4v) is 7.05. The van der Waals surface area contributed by atoms with Gasteiger partial charge in [-0.3, -0.25) is 4.79 Å². The summed E-state index contributed by atoms with van der Waals surface area (Å²) in [7, 11) is 0. The number of fused-ring (bicyclic) bond motifs is 4. The molecule has 3 aliphatic rings. The first kappa shape index (κ1) is 37.8. The minimum Gasteiger partial charge on any atom is -0.488 e. The van der Waals surface area contributed by atoms with Crippen LogP contribution in [0.15, 0.2) is 66.7 Å². The largest absolute Gasteiger partial charge is 0.488 e. The third-order valence-electron chi connectivity index (χ3n) is 9.75. The van der Waals surface area contributed by atoms with E-state index in [-0.39, 0.29) is 44.8 Å². The van der Waals surface area contributed by atoms with Crippen molar-refractivity contribution in [1.29, 1.82) is 0 Å². The van der Waals surface area contributed by atoms with E-state index in [1.54, 1.807) is 6.92 Å². The normalized spacial score (nSPS) is 16.9. The lowest BCUT2D eigenvalue weighted by Crippen LogP contribution is -2.42. The second-order valence-corrected chi connectivity index (χ2v) is 13.4. The minimum atomic E-state index is -0.392. The summed E-state index contributed by atoms with van der Waals surface area (Å²) in [5.41, 5.74) is 7.13. The van der Waals surface area contributed by atoms with Gasteiger partial charge in [-0.1, -0.05) is 74.5 Å². The molecule has 3 aliphatic heterocycles. The van der Waals surface area contributed by atoms with Crippen LogP contribution in [0, 0.1) is 13.8 Å². The summed E-state index contributed by atoms with van der Waals surface area (Å²) in [6, 6.07) is 21.7. The average Bonchev–Trinajstić information content (AvgIpc) is 3.89. The zero-order valence-corrected chi connectivity index (χ0v) is 30.9. The van der Waals surface area contributed by atoms with Crippen molar-refractivity contribution in [2.24, 2.45) is 0 Å². The summed E-state index contributed by atoms with van der Waals surface area (Å²) in [6.45, 7) is 9.14. The Morgan fingerprint density at radius 3 is 2.08 bits per heavy atom. The predicted octanol–water partition coefficient (Wildman–Crippen LogP) is 5.99. The number of aliphatic hydroxyl groups excluding tert-OH is 2. The Morgan fingerprint density at radius 2 is 1.45 bits per heavy atom. The van der Waals surface area contributed by atoms with E-state index in [0.29, 0.717) is 49.7 Å². The van der Waals surface area contributed by atoms with Gasteiger partial charge in [0.25, 0.3) is 0 Å². The number of nitrogens with one attached hydrogen (secondary N) is 2. The summed E-state index contributed by atoms with van der Waals surface area (Å²) in [5, 5.41) is 25.8. The SMILES string of the molecule is CCC(=O)N[C@H](CO)Cc1cc2c(c(C)c1OCc1ccccc1)OCO2.CCC1N[C@H](CO)Cc2c(OCc3ccccc3)c(C)c3c(c21)OCO3. The van der Waals surface area contributed by atoms with Crippen LogP contribution in [-0.4, -0.2) is 55.0 Å². The Kier molecular flexibility index (Phi) is 12.6. The van der Waals surface area contributed by atoms with Crippen molar-refractivity contribution < 1.29 is 43.4 Å². The van der Waals surface area contributed by atoms with Crippen molar-refractivity contribution in [3.63, 3.8) is 0 Å². The van der Waals surface area contributed by atoms with Crippen LogP contribution < -0.4 is 39.1 Å². The van der Waals surface area contributed by atoms with Crippen LogP contribution in [-0.2, 0) is 30.8 Å². The molecular weight excluding hydrogens is 676 g/mol. The molecule has 3 atom stereocenters. The molecule has 1 unspecified atom stereocenters. The molecule has 0 aliphatic carbocycles. The molecule has 4 N–H and O–H groups in total. The highest BCUT2D eigenvalue weighted by atomic mass is 16.7. The van der Waals surface area contributed by atoms with Gasteiger partial charge in [0.15, 0.2) is 23.0 Å². The number of amides is 1. The molecule has 4 aromatic carbocycles. The number of ether oxygens (including phenoxy) is 6. The van der Waals surface area contributed by atoms with Crippen LogP contribution >= 0.6 is 0 Å². The van der Waals surface area contributed by atoms with Crippen molar-refractivity contribution in [3.05, 3.63) is 106 Å². The first-order valence-corrected chi connectivity index (χ1v) is 18.3. The maximum atomic E-state index is 11.7. The molecule has 11 heteroatoms. The van der Waals surface area contributed by atoms with Crippen molar-refractivity contribution >= 4 is 5.91 Å². The Hall–Kier alpha value is -4.97. The van der Waals surface area contributed by atoms with E-state index in [1.165, 1.54) is 0 Å². The van der Waals surface area contributed by atoms with Crippen molar-refractivity contribution in [3.8, 4) is 34.5 Å². The van der Waals surface area contributed by atoms with Crippen molar-refractivity contribution in [2.75, 3.05) is 26.8 Å². The molecule has 53 heavy (non-hydrogen) atoms. The zero-order valence-electron chi connectivity index (χ0n) is 30.9. The first-order valence-electron chi connectivity index (χ1n) is 18.3. The lowest BCUT2D eigenvalue weighted by Gasteiger charge is -2.34. The lowest BCUT2D eigenvalue weighted by molar-refractivity contribution is -0.121. The molecule has 4 aromatic rings. The second-order valence-electron chi connectivity index (χ2n) is 13.4. The number of hydrogen-bond donors (Lipinski definition) is 4. The van der Waals surface area contributed by atoms with Crippen LogP contribution in [0.1, 0.15) is 71.7 Å². The van der Waals surface area contributed by atoms with Gasteiger partial charge in [0.05, 0.1) is 19.3 Å². The number of carbonyl (C=O) groups is 1. The predicted molar refractivity (Wildman–Crippen MR) is 200 cm³/mol. The number of carbonyl (C=O) groups excluding carboxylic acids is 1. The molecule has 11 nitrogen and oxygen atoms in total. The van der Waals surface area contributed by atoms with E-state index in [0.717, 1.165) is 62.6 Å². The number of aliphatic hydroxyl groups is 2. The highest BCUT2D eigenvalue weighted by molar-refractivity contribution is 5.76. The Bertz CT molecular complexity index is 1850. The van der Waals surface area contributed by atoms with Crippen LogP contribution in [0.25, 0.3) is 0 Å². The molecule has 282 valence electrons. The second kappa shape index (κ2) is 17.7. The standard InChI is InChI=1S/C21H25NO5.C21H25NO4/c1-3-19(24)22-17(11-23)9-16-10-18-21(27-13-26-18)14(2)20(16)25-12-15-7-5-4-6-8-15;1-3-17-18-16(9-15(10-23)22-17)19(13(2)20-21(18)26-12-25-20)24-11-14-7-5-4-6-8-14/h4-8,10,17,23H,3,9,11-13H2,1-2H3,(H,22,24);4-8,15,17,22-23H,3,9-12H2,1-2H3/t17-;15-,17?/m00/s1. The third-order valence-corrected chi connectivity index (χ3v) is 9.75. The van der Waals surface area contributed by atoms with Crippen LogP contribution in [0.2, 0.25) is 0 Å². The average molecular weight is 727 g/mol. The molecule has 0 aromatic heterocycles. The first-order chi connectivity index (χ1) is 25.8. The van der Waals surface area contributed by atoms with Gasteiger partial charge in [0.1, 0.15) is 24.7 Å². The van der Waals surface area contributed by atoms with E-state index in [2.05, 4.69) is 29.7 Å². The van der Waals surface area contributed by atoms with Crippen molar-refractivity contribution in [2.45, 2.75) is 84.7 Å². The van der Waals surface area contributed by atoms with Crippen LogP contribution in [0.4, 0.5) is 0 Å². The maximum Gasteiger partial charge on any atom is 0.231 e. The summed E-state index contributed by atoms with van der Waals surface area (Å²) in [5.74, 6) is 4.43. The fraction of sp³-hybridized carbons (Fsp3) is 0.405. The Morgan fingerprint density at radius 1 is 0.849 bits per heavy atom. The topological polar surface area (TPSA) is 137 Å². The number of hydrogen-bond acceptors (Lipinski definition) is 10. The van der Waals surface area contributed by atoms with E-state index >= 15 is 0 Å². The van der Waals surface area contributed by atoms with Gasteiger partial charge in [-0.15, -0.1) is 0 Å². The molecule has 0 bridgehead atoms. The summed E-state index contributed by atoms with van der Waals surface area (Å²) >= 11 is 0. The van der Waals surface area contributed by atoms with E-state index in [1.807, 2.05) is 68.4 Å². The highest BCUT2D eigenvalue weighted by Gasteiger charge is 2.36. The van der Waals surface area contributed by atoms with Gasteiger partial charge in [-0.25, -0.2) is 0 Å². The third kappa shape index (κ3) is 8.64. The zero-order chi connectivity index (χ0) is 37.3. The van der Waals surface area contributed by atoms with Gasteiger partial charge in [0, 0.05) is 46.3 Å². The summed E-state index contributed by atoms with van der Waals surface area (Å²) < 4.78 is 35.1. The van der Waals surface area contributed by atoms with Gasteiger partial charge < -0.3 is 49.3 Å². The number of rotatable bonds is 13. The van der Waals surface area contributed by atoms with Crippen LogP contribution in [0.3, 0.4) is 0 Å². The van der Waals surface area contributed by atoms with Crippen molar-refractivity contribution in [1.82, 2.24) is 10.6 Å². The molecule has 7 rings (SSSR count). The Labute approximate surface area is 311 Å². The van der Waals surface area contributed by atoms with Gasteiger partial charge in [-0.05, 0) is 50.3 Å². The monoisotopic (exact) mass is 726 g/mol. The quantitative estimate of drug-likeness (QED) is 0.130. The molecule has 3 heterocycles. The van der Waals surface area contributed by atoms with E-state index < -0.39 is 6.04 Å². The minimum absolute atomic E-state index is 0.0197. The maximum absolute atomic E-state index is 11.7. The lowest BCUT2D eigenvalue weighted by atomic mass is 9.86. The van der Waals surface area contributed by atoms with E-state index in [9.17, 15) is 15.0 Å². The summed E-state index contributed by atoms with van der Waals surface area (Å²) in [4.78, 5) is 11.7. The summed E-state index contributed by atoms with van der Waals surface area (Å²) in [6.07, 6.45) is 2.42. The van der Waals surface area contributed by atoms with E-state index in [4.69, 9.17) is 28.4 Å².